The predicted octanol–water partition coefficient (Wildman–Crippen LogP) is 9.61. The van der Waals surface area contributed by atoms with Crippen molar-refractivity contribution in [1.82, 2.24) is 0 Å². The van der Waals surface area contributed by atoms with Gasteiger partial charge in [-0.2, -0.15) is 0 Å². The van der Waals surface area contributed by atoms with Gasteiger partial charge in [-0.3, -0.25) is 9.59 Å². The maximum absolute atomic E-state index is 12.7. The molecule has 0 heterocycles. The molecule has 3 aliphatic rings. The molecule has 1 aromatic rings. The van der Waals surface area contributed by atoms with Crippen LogP contribution in [0.25, 0.3) is 0 Å². The molecule has 0 spiro atoms. The normalized spacial score (nSPS) is 27.7. The minimum Gasteiger partial charge on any atom is -0.460 e. The number of carbonyl (C=O) groups excluding carboxylic acids is 2. The lowest BCUT2D eigenvalue weighted by Gasteiger charge is -2.49. The highest BCUT2D eigenvalue weighted by molar-refractivity contribution is 5.72. The minimum atomic E-state index is -0.587. The molecule has 3 aliphatic carbocycles. The van der Waals surface area contributed by atoms with Crippen LogP contribution in [0.1, 0.15) is 166 Å². The summed E-state index contributed by atoms with van der Waals surface area (Å²) in [7, 11) is 0. The van der Waals surface area contributed by atoms with Crippen LogP contribution in [0.15, 0.2) is 18.2 Å². The molecule has 0 aromatic heterocycles. The van der Waals surface area contributed by atoms with Crippen LogP contribution < -0.4 is 4.74 Å². The number of unbranched alkanes of at least 4 members (excludes halogenated alkanes) is 12. The molecule has 0 unspecified atom stereocenters. The van der Waals surface area contributed by atoms with E-state index in [1.807, 2.05) is 6.07 Å². The van der Waals surface area contributed by atoms with Crippen molar-refractivity contribution in [3.8, 4) is 5.75 Å². The average Bonchev–Trinajstić information content (AvgIpc) is 3.25. The third-order valence-electron chi connectivity index (χ3n) is 11.1. The summed E-state index contributed by atoms with van der Waals surface area (Å²) in [6, 6.07) is 6.27. The number of carbonyl (C=O) groups is 2. The molecule has 4 rings (SSSR count). The summed E-state index contributed by atoms with van der Waals surface area (Å²) in [6.45, 7) is 6.69. The Morgan fingerprint density at radius 1 is 0.837 bits per heavy atom. The second-order valence-corrected chi connectivity index (χ2v) is 14.2. The summed E-state index contributed by atoms with van der Waals surface area (Å²) < 4.78 is 11.7. The molecule has 5 nitrogen and oxygen atoms in total. The van der Waals surface area contributed by atoms with Crippen molar-refractivity contribution in [2.75, 3.05) is 0 Å². The molecule has 0 bridgehead atoms. The Balaban J connectivity index is 1.25. The number of hydrogen-bond acceptors (Lipinski definition) is 5. The van der Waals surface area contributed by atoms with Crippen molar-refractivity contribution in [3.05, 3.63) is 29.3 Å². The largest absolute Gasteiger partial charge is 0.460 e. The van der Waals surface area contributed by atoms with Gasteiger partial charge in [0.25, 0.3) is 0 Å². The van der Waals surface area contributed by atoms with Gasteiger partial charge in [0.2, 0.25) is 0 Å². The van der Waals surface area contributed by atoms with Crippen LogP contribution in [0, 0.1) is 17.3 Å². The van der Waals surface area contributed by atoms with E-state index >= 15 is 0 Å². The van der Waals surface area contributed by atoms with E-state index in [9.17, 15) is 14.7 Å². The van der Waals surface area contributed by atoms with Gasteiger partial charge in [-0.1, -0.05) is 104 Å². The zero-order valence-corrected chi connectivity index (χ0v) is 27.5. The van der Waals surface area contributed by atoms with Crippen molar-refractivity contribution < 1.29 is 24.2 Å². The summed E-state index contributed by atoms with van der Waals surface area (Å²) in [5.41, 5.74) is 2.50. The Kier molecular flexibility index (Phi) is 13.4. The Morgan fingerprint density at radius 3 is 2.09 bits per heavy atom. The summed E-state index contributed by atoms with van der Waals surface area (Å²) >= 11 is 0. The highest BCUT2D eigenvalue weighted by Crippen LogP contribution is 2.61. The molecule has 0 radical (unpaired) electrons. The highest BCUT2D eigenvalue weighted by Gasteiger charge is 2.59. The quantitative estimate of drug-likeness (QED) is 0.104. The SMILES string of the molecule is CCCCCCCCCC(=O)Oc1ccc2c(c1)CC[C@@H]1[C@@H]2CC[C@]2(C)[C@@H](O)[C@H](OC(=O)CCCCCCCCC)C[C@@H]12. The van der Waals surface area contributed by atoms with Gasteiger partial charge in [0.05, 0.1) is 6.10 Å². The van der Waals surface area contributed by atoms with Gasteiger partial charge >= 0.3 is 11.9 Å². The number of fused-ring (bicyclic) bond motifs is 5. The van der Waals surface area contributed by atoms with E-state index in [1.165, 1.54) is 75.3 Å². The van der Waals surface area contributed by atoms with Crippen molar-refractivity contribution in [2.45, 2.75) is 174 Å². The Hall–Kier alpha value is -1.88. The van der Waals surface area contributed by atoms with Crippen molar-refractivity contribution in [1.29, 1.82) is 0 Å². The second-order valence-electron chi connectivity index (χ2n) is 14.2. The number of ether oxygens (including phenoxy) is 2. The molecular weight excluding hydrogens is 536 g/mol. The monoisotopic (exact) mass is 596 g/mol. The van der Waals surface area contributed by atoms with Crippen LogP contribution in [0.5, 0.6) is 5.75 Å². The molecule has 2 saturated carbocycles. The van der Waals surface area contributed by atoms with Crippen LogP contribution in [0.2, 0.25) is 0 Å². The smallest absolute Gasteiger partial charge is 0.311 e. The van der Waals surface area contributed by atoms with Crippen molar-refractivity contribution in [3.63, 3.8) is 0 Å². The van der Waals surface area contributed by atoms with Crippen LogP contribution in [0.3, 0.4) is 0 Å². The first-order valence-electron chi connectivity index (χ1n) is 18.1. The lowest BCUT2D eigenvalue weighted by Crippen LogP contribution is -2.45. The van der Waals surface area contributed by atoms with Gasteiger partial charge in [0.1, 0.15) is 11.9 Å². The molecule has 242 valence electrons. The maximum atomic E-state index is 12.7. The molecule has 0 saturated heterocycles. The standard InChI is InChI=1S/C38H60O5/c1-4-6-8-10-12-14-16-18-35(39)42-29-21-23-30-28(26-29)20-22-32-31(30)24-25-38(3)33(32)27-34(37(38)41)43-36(40)19-17-15-13-11-9-7-5-2/h21,23,26,31-34,37,41H,4-20,22,24-25,27H2,1-3H3/t31-,32-,33+,34-,37+,38+/m1/s1. The van der Waals surface area contributed by atoms with E-state index in [0.29, 0.717) is 36.3 Å². The van der Waals surface area contributed by atoms with E-state index < -0.39 is 6.10 Å². The number of hydrogen-bond donors (Lipinski definition) is 1. The lowest BCUT2D eigenvalue weighted by atomic mass is 9.55. The fourth-order valence-corrected chi connectivity index (χ4v) is 8.56. The zero-order chi connectivity index (χ0) is 30.7. The van der Waals surface area contributed by atoms with E-state index in [4.69, 9.17) is 9.47 Å². The van der Waals surface area contributed by atoms with Crippen LogP contribution in [-0.4, -0.2) is 29.3 Å². The molecule has 2 fully saturated rings. The molecule has 0 aliphatic heterocycles. The predicted molar refractivity (Wildman–Crippen MR) is 173 cm³/mol. The molecule has 6 atom stereocenters. The Morgan fingerprint density at radius 2 is 1.44 bits per heavy atom. The molecule has 1 aromatic carbocycles. The van der Waals surface area contributed by atoms with Gasteiger partial charge in [-0.25, -0.2) is 0 Å². The molecule has 43 heavy (non-hydrogen) atoms. The fourth-order valence-electron chi connectivity index (χ4n) is 8.56. The van der Waals surface area contributed by atoms with E-state index in [-0.39, 0.29) is 23.5 Å². The van der Waals surface area contributed by atoms with Crippen LogP contribution >= 0.6 is 0 Å². The zero-order valence-electron chi connectivity index (χ0n) is 27.5. The van der Waals surface area contributed by atoms with Crippen molar-refractivity contribution >= 4 is 11.9 Å². The number of aliphatic hydroxyl groups is 1. The van der Waals surface area contributed by atoms with Crippen LogP contribution in [-0.2, 0) is 20.7 Å². The van der Waals surface area contributed by atoms with E-state index in [2.05, 4.69) is 32.9 Å². The van der Waals surface area contributed by atoms with Gasteiger partial charge in [0, 0.05) is 18.3 Å². The number of esters is 2. The minimum absolute atomic E-state index is 0.122. The molecular formula is C38H60O5. The number of aliphatic hydroxyl groups excluding tert-OH is 1. The number of benzene rings is 1. The van der Waals surface area contributed by atoms with E-state index in [0.717, 1.165) is 57.8 Å². The van der Waals surface area contributed by atoms with Gasteiger partial charge in [-0.15, -0.1) is 0 Å². The van der Waals surface area contributed by atoms with E-state index in [1.54, 1.807) is 0 Å². The fraction of sp³-hybridized carbons (Fsp3) is 0.789. The number of rotatable bonds is 18. The van der Waals surface area contributed by atoms with Gasteiger partial charge in [0.15, 0.2) is 0 Å². The molecule has 5 heteroatoms. The topological polar surface area (TPSA) is 72.8 Å². The lowest BCUT2D eigenvalue weighted by molar-refractivity contribution is -0.156. The maximum Gasteiger partial charge on any atom is 0.311 e. The first kappa shape index (κ1) is 34.0. The van der Waals surface area contributed by atoms with Gasteiger partial charge < -0.3 is 14.6 Å². The second kappa shape index (κ2) is 17.0. The summed E-state index contributed by atoms with van der Waals surface area (Å²) in [4.78, 5) is 25.2. The summed E-state index contributed by atoms with van der Waals surface area (Å²) in [5.74, 6) is 1.70. The molecule has 1 N–H and O–H groups in total. The Bertz CT molecular complexity index is 1020. The Labute approximate surface area is 261 Å². The highest BCUT2D eigenvalue weighted by atomic mass is 16.6. The van der Waals surface area contributed by atoms with Crippen LogP contribution in [0.4, 0.5) is 0 Å². The average molecular weight is 597 g/mol. The first-order chi connectivity index (χ1) is 20.9. The molecule has 0 amide bonds. The number of aryl methyl sites for hydroxylation is 1. The first-order valence-corrected chi connectivity index (χ1v) is 18.1. The van der Waals surface area contributed by atoms with Gasteiger partial charge in [-0.05, 0) is 86.0 Å². The third-order valence-corrected chi connectivity index (χ3v) is 11.1. The van der Waals surface area contributed by atoms with Crippen molar-refractivity contribution in [2.24, 2.45) is 17.3 Å². The third kappa shape index (κ3) is 9.08. The summed E-state index contributed by atoms with van der Waals surface area (Å²) in [5, 5.41) is 11.4. The summed E-state index contributed by atoms with van der Waals surface area (Å²) in [6.07, 6.45) is 21.3.